The minimum absolute atomic E-state index is 0.0773. The monoisotopic (exact) mass is 402 g/mol. The van der Waals surface area contributed by atoms with Crippen LogP contribution >= 0.6 is 0 Å². The van der Waals surface area contributed by atoms with E-state index in [2.05, 4.69) is 5.32 Å². The maximum absolute atomic E-state index is 13.6. The van der Waals surface area contributed by atoms with E-state index in [1.54, 1.807) is 24.3 Å². The Hall–Kier alpha value is -3.00. The summed E-state index contributed by atoms with van der Waals surface area (Å²) in [6.45, 7) is 0.0866. The molecule has 0 atom stereocenters. The van der Waals surface area contributed by atoms with Crippen LogP contribution in [-0.4, -0.2) is 20.9 Å². The fourth-order valence-electron chi connectivity index (χ4n) is 3.40. The van der Waals surface area contributed by atoms with Crippen LogP contribution in [0.3, 0.4) is 0 Å². The standard InChI is InChI=1S/C20H16F2N2O3S/c21-14-7-3-8-15(22)20(14)23-18(25)11-4-12-24-16-9-1-5-13-6-2-10-17(19(13)16)28(24,26)27/h1-3,5-10H,4,11-12H2,(H,23,25). The Balaban J connectivity index is 1.48. The van der Waals surface area contributed by atoms with E-state index in [1.165, 1.54) is 10.4 Å². The molecule has 0 saturated heterocycles. The first kappa shape index (κ1) is 18.4. The number of rotatable bonds is 5. The molecule has 1 heterocycles. The van der Waals surface area contributed by atoms with Crippen LogP contribution in [0.4, 0.5) is 20.2 Å². The van der Waals surface area contributed by atoms with Crippen LogP contribution in [0, 0.1) is 11.6 Å². The van der Waals surface area contributed by atoms with Gasteiger partial charge in [0.1, 0.15) is 17.3 Å². The van der Waals surface area contributed by atoms with Gasteiger partial charge in [-0.05, 0) is 36.1 Å². The van der Waals surface area contributed by atoms with Crippen LogP contribution in [0.1, 0.15) is 12.8 Å². The number of anilines is 2. The Kier molecular flexibility index (Phi) is 4.50. The molecular weight excluding hydrogens is 386 g/mol. The number of halogens is 2. The van der Waals surface area contributed by atoms with Crippen LogP contribution in [0.15, 0.2) is 59.5 Å². The Morgan fingerprint density at radius 3 is 2.32 bits per heavy atom. The number of nitrogens with zero attached hydrogens (tertiary/aromatic N) is 1. The summed E-state index contributed by atoms with van der Waals surface area (Å²) in [6, 6.07) is 13.8. The lowest BCUT2D eigenvalue weighted by Gasteiger charge is -2.18. The van der Waals surface area contributed by atoms with Gasteiger partial charge < -0.3 is 5.32 Å². The van der Waals surface area contributed by atoms with Crippen molar-refractivity contribution >= 4 is 38.1 Å². The van der Waals surface area contributed by atoms with Gasteiger partial charge in [0.2, 0.25) is 5.91 Å². The smallest absolute Gasteiger partial charge is 0.265 e. The molecule has 1 aliphatic rings. The number of hydrogen-bond acceptors (Lipinski definition) is 3. The first-order valence-electron chi connectivity index (χ1n) is 8.68. The third-order valence-corrected chi connectivity index (χ3v) is 6.53. The van der Waals surface area contributed by atoms with Gasteiger partial charge in [-0.25, -0.2) is 17.2 Å². The summed E-state index contributed by atoms with van der Waals surface area (Å²) in [6.07, 6.45) is 0.123. The Morgan fingerprint density at radius 2 is 1.61 bits per heavy atom. The van der Waals surface area contributed by atoms with E-state index in [0.717, 1.165) is 17.5 Å². The average molecular weight is 402 g/mol. The summed E-state index contributed by atoms with van der Waals surface area (Å²) in [7, 11) is -3.69. The summed E-state index contributed by atoms with van der Waals surface area (Å²) in [5.41, 5.74) is 0.0760. The Morgan fingerprint density at radius 1 is 0.964 bits per heavy atom. The van der Waals surface area contributed by atoms with Crippen molar-refractivity contribution in [3.63, 3.8) is 0 Å². The van der Waals surface area contributed by atoms with Gasteiger partial charge in [-0.1, -0.05) is 30.3 Å². The molecule has 4 rings (SSSR count). The summed E-state index contributed by atoms with van der Waals surface area (Å²) in [5.74, 6) is -2.31. The molecule has 1 amide bonds. The number of sulfonamides is 1. The number of nitrogens with one attached hydrogen (secondary N) is 1. The quantitative estimate of drug-likeness (QED) is 0.700. The second-order valence-corrected chi connectivity index (χ2v) is 8.29. The largest absolute Gasteiger partial charge is 0.321 e. The van der Waals surface area contributed by atoms with Crippen molar-refractivity contribution in [2.45, 2.75) is 17.7 Å². The maximum Gasteiger partial charge on any atom is 0.265 e. The number of hydrogen-bond donors (Lipinski definition) is 1. The van der Waals surface area contributed by atoms with Crippen molar-refractivity contribution < 1.29 is 22.0 Å². The second-order valence-electron chi connectivity index (χ2n) is 6.46. The van der Waals surface area contributed by atoms with Crippen molar-refractivity contribution in [3.8, 4) is 0 Å². The highest BCUT2D eigenvalue weighted by Gasteiger charge is 2.35. The zero-order chi connectivity index (χ0) is 19.9. The first-order valence-corrected chi connectivity index (χ1v) is 10.1. The summed E-state index contributed by atoms with van der Waals surface area (Å²) in [5, 5.41) is 3.70. The van der Waals surface area contributed by atoms with Crippen molar-refractivity contribution in [3.05, 3.63) is 66.2 Å². The third-order valence-electron chi connectivity index (χ3n) is 4.67. The Labute approximate surface area is 160 Å². The predicted molar refractivity (Wildman–Crippen MR) is 103 cm³/mol. The second kappa shape index (κ2) is 6.87. The molecule has 1 aliphatic heterocycles. The van der Waals surface area contributed by atoms with Gasteiger partial charge in [-0.3, -0.25) is 9.10 Å². The van der Waals surface area contributed by atoms with Gasteiger partial charge in [0.05, 0.1) is 10.6 Å². The summed E-state index contributed by atoms with van der Waals surface area (Å²) >= 11 is 0. The van der Waals surface area contributed by atoms with E-state index in [0.29, 0.717) is 11.1 Å². The van der Waals surface area contributed by atoms with Crippen LogP contribution in [0.25, 0.3) is 10.8 Å². The molecule has 3 aromatic carbocycles. The molecular formula is C20H16F2N2O3S. The molecule has 144 valence electrons. The van der Waals surface area contributed by atoms with E-state index in [1.807, 2.05) is 12.1 Å². The predicted octanol–water partition coefficient (Wildman–Crippen LogP) is 4.05. The van der Waals surface area contributed by atoms with Gasteiger partial charge >= 0.3 is 0 Å². The molecule has 1 N–H and O–H groups in total. The number of benzene rings is 3. The van der Waals surface area contributed by atoms with E-state index >= 15 is 0 Å². The van der Waals surface area contributed by atoms with Gasteiger partial charge in [-0.2, -0.15) is 0 Å². The molecule has 0 aromatic heterocycles. The zero-order valence-corrected chi connectivity index (χ0v) is 15.5. The molecule has 8 heteroatoms. The van der Waals surface area contributed by atoms with Crippen molar-refractivity contribution in [1.82, 2.24) is 0 Å². The lowest BCUT2D eigenvalue weighted by Crippen LogP contribution is -2.29. The molecule has 28 heavy (non-hydrogen) atoms. The molecule has 0 radical (unpaired) electrons. The molecule has 0 unspecified atom stereocenters. The topological polar surface area (TPSA) is 66.5 Å². The van der Waals surface area contributed by atoms with E-state index in [-0.39, 0.29) is 24.3 Å². The molecule has 0 aliphatic carbocycles. The van der Waals surface area contributed by atoms with E-state index < -0.39 is 33.3 Å². The van der Waals surface area contributed by atoms with Crippen LogP contribution in [0.2, 0.25) is 0 Å². The lowest BCUT2D eigenvalue weighted by atomic mass is 10.1. The Bertz CT molecular complexity index is 1170. The van der Waals surface area contributed by atoms with Gasteiger partial charge in [0.15, 0.2) is 0 Å². The van der Waals surface area contributed by atoms with Gasteiger partial charge in [0.25, 0.3) is 10.0 Å². The van der Waals surface area contributed by atoms with Crippen molar-refractivity contribution in [2.75, 3.05) is 16.2 Å². The highest BCUT2D eigenvalue weighted by atomic mass is 32.2. The summed E-state index contributed by atoms with van der Waals surface area (Å²) in [4.78, 5) is 12.3. The maximum atomic E-state index is 13.6. The number of carbonyl (C=O) groups is 1. The van der Waals surface area contributed by atoms with Crippen LogP contribution < -0.4 is 9.62 Å². The normalized spacial score (nSPS) is 14.4. The van der Waals surface area contributed by atoms with Gasteiger partial charge in [-0.15, -0.1) is 0 Å². The molecule has 5 nitrogen and oxygen atoms in total. The number of carbonyl (C=O) groups excluding carboxylic acids is 1. The SMILES string of the molecule is O=C(CCCN1c2cccc3cccc(c23)S1(=O)=O)Nc1c(F)cccc1F. The molecule has 0 saturated carbocycles. The van der Waals surface area contributed by atoms with Crippen LogP contribution in [0.5, 0.6) is 0 Å². The number of amides is 1. The van der Waals surface area contributed by atoms with Crippen molar-refractivity contribution in [1.29, 1.82) is 0 Å². The molecule has 0 spiro atoms. The molecule has 0 bridgehead atoms. The molecule has 0 fully saturated rings. The van der Waals surface area contributed by atoms with E-state index in [9.17, 15) is 22.0 Å². The van der Waals surface area contributed by atoms with E-state index in [4.69, 9.17) is 0 Å². The first-order chi connectivity index (χ1) is 13.4. The van der Waals surface area contributed by atoms with Crippen molar-refractivity contribution in [2.24, 2.45) is 0 Å². The third kappa shape index (κ3) is 2.99. The lowest BCUT2D eigenvalue weighted by molar-refractivity contribution is -0.116. The zero-order valence-electron chi connectivity index (χ0n) is 14.7. The highest BCUT2D eigenvalue weighted by Crippen LogP contribution is 2.41. The number of para-hydroxylation sites is 1. The minimum Gasteiger partial charge on any atom is -0.321 e. The summed E-state index contributed by atoms with van der Waals surface area (Å²) < 4.78 is 54.2. The fraction of sp³-hybridized carbons (Fsp3) is 0.150. The van der Waals surface area contributed by atoms with Crippen LogP contribution in [-0.2, 0) is 14.8 Å². The average Bonchev–Trinajstić information content (AvgIpc) is 2.88. The minimum atomic E-state index is -3.69. The highest BCUT2D eigenvalue weighted by molar-refractivity contribution is 7.93. The van der Waals surface area contributed by atoms with Gasteiger partial charge in [0, 0.05) is 18.4 Å². The fourth-order valence-corrected chi connectivity index (χ4v) is 5.15. The molecule has 3 aromatic rings.